The predicted octanol–water partition coefficient (Wildman–Crippen LogP) is 1.85. The lowest BCUT2D eigenvalue weighted by molar-refractivity contribution is -0.948. The molecular weight excluding hydrogens is 380 g/mol. The molecule has 0 aromatic heterocycles. The third-order valence-electron chi connectivity index (χ3n) is 5.81. The van der Waals surface area contributed by atoms with Crippen molar-refractivity contribution in [2.45, 2.75) is 38.9 Å². The van der Waals surface area contributed by atoms with Gasteiger partial charge in [-0.1, -0.05) is 29.8 Å². The molecule has 1 heterocycles. The summed E-state index contributed by atoms with van der Waals surface area (Å²) in [6.45, 7) is 6.12. The van der Waals surface area contributed by atoms with E-state index in [-0.39, 0.29) is 24.6 Å². The Morgan fingerprint density at radius 1 is 1.17 bits per heavy atom. The smallest absolute Gasteiger partial charge is 0.246 e. The van der Waals surface area contributed by atoms with E-state index in [1.807, 2.05) is 0 Å². The van der Waals surface area contributed by atoms with Gasteiger partial charge in [0.05, 0.1) is 26.8 Å². The molecule has 2 aromatic rings. The molecule has 30 heavy (non-hydrogen) atoms. The summed E-state index contributed by atoms with van der Waals surface area (Å²) in [5, 5.41) is 3.13. The van der Waals surface area contributed by atoms with Gasteiger partial charge in [-0.3, -0.25) is 4.79 Å². The van der Waals surface area contributed by atoms with Crippen LogP contribution >= 0.6 is 0 Å². The lowest BCUT2D eigenvalue weighted by atomic mass is 9.87. The van der Waals surface area contributed by atoms with Crippen LogP contribution in [0.2, 0.25) is 0 Å². The summed E-state index contributed by atoms with van der Waals surface area (Å²) in [6.07, 6.45) is 0.950. The van der Waals surface area contributed by atoms with Gasteiger partial charge >= 0.3 is 0 Å². The summed E-state index contributed by atoms with van der Waals surface area (Å²) in [5.74, 6) is 1.36. The topological polar surface area (TPSA) is 61.2 Å². The Bertz CT molecular complexity index is 884. The van der Waals surface area contributed by atoms with Crippen LogP contribution in [0.3, 0.4) is 0 Å². The van der Waals surface area contributed by atoms with Crippen molar-refractivity contribution >= 4 is 5.91 Å². The molecule has 0 aliphatic carbocycles. The molecule has 1 aliphatic rings. The second kappa shape index (κ2) is 9.96. The summed E-state index contributed by atoms with van der Waals surface area (Å²) >= 11 is 0. The van der Waals surface area contributed by atoms with Gasteiger partial charge in [-0.05, 0) is 31.5 Å². The van der Waals surface area contributed by atoms with Crippen LogP contribution < -0.4 is 19.7 Å². The standard InChI is InChI=1S/C24H32N2O4/c1-16-7-6-8-18(11-16)14-26-10-9-19-12-21(29-4)22(30-5)13-20(19)24(26)17(2)25-23(27)15-28-3/h6-8,11-13,17,24H,9-10,14-15H2,1-5H3,(H,25,27)/p+1/t17-,24+/m1/s1. The van der Waals surface area contributed by atoms with Crippen molar-refractivity contribution in [1.29, 1.82) is 0 Å². The number of aryl methyl sites for hydroxylation is 1. The largest absolute Gasteiger partial charge is 0.493 e. The van der Waals surface area contributed by atoms with E-state index in [2.05, 4.69) is 55.6 Å². The molecule has 0 bridgehead atoms. The molecule has 162 valence electrons. The van der Waals surface area contributed by atoms with E-state index >= 15 is 0 Å². The summed E-state index contributed by atoms with van der Waals surface area (Å²) in [5.41, 5.74) is 5.01. The molecule has 3 rings (SSSR count). The quantitative estimate of drug-likeness (QED) is 0.693. The number of methoxy groups -OCH3 is 3. The average Bonchev–Trinajstić information content (AvgIpc) is 2.72. The average molecular weight is 414 g/mol. The number of hydrogen-bond acceptors (Lipinski definition) is 4. The number of carbonyl (C=O) groups is 1. The minimum Gasteiger partial charge on any atom is -0.493 e. The van der Waals surface area contributed by atoms with Gasteiger partial charge in [0.2, 0.25) is 5.91 Å². The molecule has 2 aromatic carbocycles. The molecule has 1 aliphatic heterocycles. The fourth-order valence-electron chi connectivity index (χ4n) is 4.53. The van der Waals surface area contributed by atoms with E-state index < -0.39 is 0 Å². The Balaban J connectivity index is 1.97. The molecule has 3 atom stereocenters. The van der Waals surface area contributed by atoms with E-state index in [0.717, 1.165) is 25.3 Å². The highest BCUT2D eigenvalue weighted by Gasteiger charge is 2.37. The Kier molecular flexibility index (Phi) is 7.34. The minimum absolute atomic E-state index is 0.0586. The number of carbonyl (C=O) groups excluding carboxylic acids is 1. The first-order valence-corrected chi connectivity index (χ1v) is 10.4. The van der Waals surface area contributed by atoms with Crippen LogP contribution in [-0.2, 0) is 22.5 Å². The fourth-order valence-corrected chi connectivity index (χ4v) is 4.53. The van der Waals surface area contributed by atoms with E-state index in [4.69, 9.17) is 14.2 Å². The van der Waals surface area contributed by atoms with Crippen molar-refractivity contribution in [1.82, 2.24) is 5.32 Å². The molecule has 0 spiro atoms. The molecule has 0 saturated carbocycles. The molecule has 0 radical (unpaired) electrons. The van der Waals surface area contributed by atoms with Crippen LogP contribution in [0, 0.1) is 6.92 Å². The van der Waals surface area contributed by atoms with Crippen LogP contribution in [0.5, 0.6) is 11.5 Å². The number of benzene rings is 2. The first kappa shape index (κ1) is 22.1. The maximum absolute atomic E-state index is 12.3. The zero-order valence-electron chi connectivity index (χ0n) is 18.6. The van der Waals surface area contributed by atoms with E-state index in [1.54, 1.807) is 14.2 Å². The van der Waals surface area contributed by atoms with Crippen molar-refractivity contribution in [3.8, 4) is 11.5 Å². The maximum atomic E-state index is 12.3. The SMILES string of the molecule is COCC(=O)N[C@H](C)[C@H]1c2cc(OC)c(OC)cc2CC[NH+]1Cc1cccc(C)c1. The summed E-state index contributed by atoms with van der Waals surface area (Å²) in [7, 11) is 4.85. The number of rotatable bonds is 8. The second-order valence-electron chi connectivity index (χ2n) is 8.00. The van der Waals surface area contributed by atoms with Crippen molar-refractivity contribution in [3.63, 3.8) is 0 Å². The number of nitrogens with one attached hydrogen (secondary N) is 2. The highest BCUT2D eigenvalue weighted by molar-refractivity contribution is 5.77. The third kappa shape index (κ3) is 4.94. The first-order chi connectivity index (χ1) is 14.5. The molecule has 2 N–H and O–H groups in total. The van der Waals surface area contributed by atoms with Gasteiger partial charge < -0.3 is 24.4 Å². The number of amides is 1. The van der Waals surface area contributed by atoms with Crippen LogP contribution in [0.4, 0.5) is 0 Å². The van der Waals surface area contributed by atoms with Crippen LogP contribution in [0.1, 0.15) is 35.2 Å². The number of ether oxygens (including phenoxy) is 3. The van der Waals surface area contributed by atoms with Gasteiger partial charge in [0, 0.05) is 24.7 Å². The van der Waals surface area contributed by atoms with Gasteiger partial charge in [0.15, 0.2) is 11.5 Å². The summed E-state index contributed by atoms with van der Waals surface area (Å²) in [6, 6.07) is 12.8. The van der Waals surface area contributed by atoms with E-state index in [9.17, 15) is 4.79 Å². The lowest BCUT2D eigenvalue weighted by Gasteiger charge is -2.38. The van der Waals surface area contributed by atoms with Gasteiger partial charge in [0.1, 0.15) is 19.2 Å². The molecule has 1 amide bonds. The van der Waals surface area contributed by atoms with Crippen LogP contribution in [-0.4, -0.2) is 46.4 Å². The Morgan fingerprint density at radius 2 is 1.90 bits per heavy atom. The molecule has 0 fully saturated rings. The second-order valence-corrected chi connectivity index (χ2v) is 8.00. The highest BCUT2D eigenvalue weighted by Crippen LogP contribution is 2.35. The van der Waals surface area contributed by atoms with Gasteiger partial charge in [0.25, 0.3) is 0 Å². The zero-order chi connectivity index (χ0) is 21.7. The molecule has 6 nitrogen and oxygen atoms in total. The van der Waals surface area contributed by atoms with Gasteiger partial charge in [-0.15, -0.1) is 0 Å². The lowest BCUT2D eigenvalue weighted by Crippen LogP contribution is -3.13. The van der Waals surface area contributed by atoms with Gasteiger partial charge in [-0.2, -0.15) is 0 Å². The number of fused-ring (bicyclic) bond motifs is 1. The van der Waals surface area contributed by atoms with E-state index in [0.29, 0.717) is 5.75 Å². The third-order valence-corrected chi connectivity index (χ3v) is 5.81. The maximum Gasteiger partial charge on any atom is 0.246 e. The Labute approximate surface area is 179 Å². The Morgan fingerprint density at radius 3 is 2.57 bits per heavy atom. The van der Waals surface area contributed by atoms with Gasteiger partial charge in [-0.25, -0.2) is 0 Å². The monoisotopic (exact) mass is 413 g/mol. The van der Waals surface area contributed by atoms with Crippen molar-refractivity contribution in [2.75, 3.05) is 34.5 Å². The zero-order valence-corrected chi connectivity index (χ0v) is 18.6. The normalized spacial score (nSPS) is 19.0. The number of hydrogen-bond donors (Lipinski definition) is 2. The van der Waals surface area contributed by atoms with Crippen LogP contribution in [0.15, 0.2) is 36.4 Å². The van der Waals surface area contributed by atoms with Crippen molar-refractivity contribution in [3.05, 3.63) is 58.7 Å². The van der Waals surface area contributed by atoms with Crippen molar-refractivity contribution < 1.29 is 23.9 Å². The molecule has 1 unspecified atom stereocenters. The highest BCUT2D eigenvalue weighted by atomic mass is 16.5. The minimum atomic E-state index is -0.104. The first-order valence-electron chi connectivity index (χ1n) is 10.4. The molecular formula is C24H33N2O4+. The van der Waals surface area contributed by atoms with Crippen LogP contribution in [0.25, 0.3) is 0 Å². The van der Waals surface area contributed by atoms with E-state index in [1.165, 1.54) is 34.3 Å². The molecule has 6 heteroatoms. The van der Waals surface area contributed by atoms with Crippen molar-refractivity contribution in [2.24, 2.45) is 0 Å². The number of quaternary nitrogens is 1. The summed E-state index contributed by atoms with van der Waals surface area (Å²) < 4.78 is 16.1. The predicted molar refractivity (Wildman–Crippen MR) is 116 cm³/mol. The Hall–Kier alpha value is -2.57. The summed E-state index contributed by atoms with van der Waals surface area (Å²) in [4.78, 5) is 13.7. The fraction of sp³-hybridized carbons (Fsp3) is 0.458. The molecule has 0 saturated heterocycles.